The lowest BCUT2D eigenvalue weighted by Crippen LogP contribution is -2.55. The maximum atomic E-state index is 11.6. The Morgan fingerprint density at radius 3 is 2.36 bits per heavy atom. The Morgan fingerprint density at radius 1 is 0.964 bits per heavy atom. The van der Waals surface area contributed by atoms with Crippen LogP contribution in [0.2, 0.25) is 0 Å². The minimum absolute atomic E-state index is 0.0398. The van der Waals surface area contributed by atoms with Crippen LogP contribution < -0.4 is 0 Å². The van der Waals surface area contributed by atoms with Crippen LogP contribution in [0.5, 0.6) is 0 Å². The molecule has 0 N–H and O–H groups in total. The largest absolute Gasteiger partial charge is 0.463 e. The van der Waals surface area contributed by atoms with Gasteiger partial charge in [-0.3, -0.25) is 9.59 Å². The summed E-state index contributed by atoms with van der Waals surface area (Å²) in [6.07, 6.45) is 8.81. The van der Waals surface area contributed by atoms with E-state index in [1.165, 1.54) is 38.7 Å². The second-order valence-electron chi connectivity index (χ2n) is 10.6. The highest BCUT2D eigenvalue weighted by molar-refractivity contribution is 5.66. The minimum atomic E-state index is -0.154. The second-order valence-corrected chi connectivity index (χ2v) is 10.6. The summed E-state index contributed by atoms with van der Waals surface area (Å²) in [6, 6.07) is 0. The standard InChI is InChI=1S/C24H36O4/c1-14-13-24(5)20(8-9-21(24)28-16(3)26)19-7-6-17-12-18(27-15(2)25)10-11-23(17,4)22(14)19/h17-22H,1,6-13H2,2-5H3/t17-,18+,19-,20-,21+,22-,23-,24-/m0/s1. The molecule has 4 rings (SSSR count). The van der Waals surface area contributed by atoms with Crippen molar-refractivity contribution in [2.75, 3.05) is 0 Å². The number of rotatable bonds is 2. The molecule has 0 aromatic carbocycles. The van der Waals surface area contributed by atoms with E-state index in [0.29, 0.717) is 23.7 Å². The average Bonchev–Trinajstić information content (AvgIpc) is 2.90. The third-order valence-electron chi connectivity index (χ3n) is 9.00. The normalized spacial score (nSPS) is 47.5. The second kappa shape index (κ2) is 6.88. The molecule has 4 aliphatic rings. The number of hydrogen-bond donors (Lipinski definition) is 0. The number of ether oxygens (including phenoxy) is 2. The third kappa shape index (κ3) is 3.02. The molecule has 0 saturated heterocycles. The van der Waals surface area contributed by atoms with Gasteiger partial charge in [-0.15, -0.1) is 0 Å². The summed E-state index contributed by atoms with van der Waals surface area (Å²) in [7, 11) is 0. The lowest BCUT2D eigenvalue weighted by molar-refractivity contribution is -0.160. The lowest BCUT2D eigenvalue weighted by Gasteiger charge is -2.61. The quantitative estimate of drug-likeness (QED) is 0.490. The van der Waals surface area contributed by atoms with Crippen molar-refractivity contribution in [3.05, 3.63) is 12.2 Å². The molecule has 0 bridgehead atoms. The topological polar surface area (TPSA) is 52.6 Å². The van der Waals surface area contributed by atoms with E-state index in [9.17, 15) is 9.59 Å². The van der Waals surface area contributed by atoms with Crippen molar-refractivity contribution in [1.29, 1.82) is 0 Å². The first-order valence-corrected chi connectivity index (χ1v) is 11.2. The maximum absolute atomic E-state index is 11.6. The lowest BCUT2D eigenvalue weighted by atomic mass is 9.44. The van der Waals surface area contributed by atoms with Crippen molar-refractivity contribution in [2.45, 2.75) is 91.3 Å². The van der Waals surface area contributed by atoms with E-state index in [4.69, 9.17) is 9.47 Å². The predicted octanol–water partition coefficient (Wildman–Crippen LogP) is 5.06. The summed E-state index contributed by atoms with van der Waals surface area (Å²) < 4.78 is 11.3. The number of fused-ring (bicyclic) bond motifs is 5. The van der Waals surface area contributed by atoms with E-state index >= 15 is 0 Å². The average molecular weight is 389 g/mol. The van der Waals surface area contributed by atoms with Crippen LogP contribution in [-0.4, -0.2) is 24.1 Å². The van der Waals surface area contributed by atoms with Gasteiger partial charge in [0.1, 0.15) is 12.2 Å². The molecule has 0 unspecified atom stereocenters. The Hall–Kier alpha value is -1.32. The van der Waals surface area contributed by atoms with Gasteiger partial charge in [0.05, 0.1) is 0 Å². The van der Waals surface area contributed by atoms with Crippen LogP contribution in [0.25, 0.3) is 0 Å². The first-order chi connectivity index (χ1) is 13.1. The van der Waals surface area contributed by atoms with Gasteiger partial charge in [-0.1, -0.05) is 26.0 Å². The zero-order valence-electron chi connectivity index (χ0n) is 18.0. The zero-order valence-corrected chi connectivity index (χ0v) is 18.0. The first-order valence-electron chi connectivity index (χ1n) is 11.2. The minimum Gasteiger partial charge on any atom is -0.463 e. The van der Waals surface area contributed by atoms with E-state index in [0.717, 1.165) is 32.1 Å². The maximum Gasteiger partial charge on any atom is 0.302 e. The van der Waals surface area contributed by atoms with Crippen molar-refractivity contribution >= 4 is 11.9 Å². The molecule has 0 radical (unpaired) electrons. The molecule has 4 saturated carbocycles. The summed E-state index contributed by atoms with van der Waals surface area (Å²) in [6.45, 7) is 12.5. The Balaban J connectivity index is 1.57. The molecular weight excluding hydrogens is 352 g/mol. The number of carbonyl (C=O) groups excluding carboxylic acids is 2. The molecule has 4 heteroatoms. The summed E-state index contributed by atoms with van der Waals surface area (Å²) in [4.78, 5) is 23.1. The van der Waals surface area contributed by atoms with Gasteiger partial charge < -0.3 is 9.47 Å². The van der Waals surface area contributed by atoms with Crippen LogP contribution >= 0.6 is 0 Å². The number of esters is 2. The highest BCUT2D eigenvalue weighted by Crippen LogP contribution is 2.67. The summed E-state index contributed by atoms with van der Waals surface area (Å²) in [5.41, 5.74) is 1.68. The van der Waals surface area contributed by atoms with Gasteiger partial charge in [0.25, 0.3) is 0 Å². The van der Waals surface area contributed by atoms with E-state index in [-0.39, 0.29) is 35.0 Å². The van der Waals surface area contributed by atoms with Gasteiger partial charge in [0.2, 0.25) is 0 Å². The Labute approximate surface area is 169 Å². The molecule has 8 atom stereocenters. The van der Waals surface area contributed by atoms with Crippen LogP contribution in [0.3, 0.4) is 0 Å². The van der Waals surface area contributed by atoms with Crippen molar-refractivity contribution < 1.29 is 19.1 Å². The van der Waals surface area contributed by atoms with E-state index in [1.807, 2.05) is 0 Å². The van der Waals surface area contributed by atoms with Crippen LogP contribution in [0, 0.1) is 34.5 Å². The molecule has 0 heterocycles. The van der Waals surface area contributed by atoms with Gasteiger partial charge in [0, 0.05) is 19.3 Å². The van der Waals surface area contributed by atoms with Gasteiger partial charge in [-0.2, -0.15) is 0 Å². The van der Waals surface area contributed by atoms with Crippen molar-refractivity contribution in [2.24, 2.45) is 34.5 Å². The van der Waals surface area contributed by atoms with Gasteiger partial charge in [0.15, 0.2) is 0 Å². The zero-order chi connectivity index (χ0) is 20.3. The third-order valence-corrected chi connectivity index (χ3v) is 9.00. The van der Waals surface area contributed by atoms with Crippen molar-refractivity contribution in [3.8, 4) is 0 Å². The SMILES string of the molecule is C=C1C[C@]2(C)[C@H](OC(C)=O)CC[C@H]2[C@@H]2CC[C@H]3C[C@H](OC(C)=O)CC[C@]3(C)[C@@H]12. The van der Waals surface area contributed by atoms with Gasteiger partial charge in [-0.05, 0) is 80.5 Å². The smallest absolute Gasteiger partial charge is 0.302 e. The van der Waals surface area contributed by atoms with Crippen molar-refractivity contribution in [3.63, 3.8) is 0 Å². The highest BCUT2D eigenvalue weighted by atomic mass is 16.5. The molecule has 28 heavy (non-hydrogen) atoms. The Kier molecular flexibility index (Phi) is 4.91. The molecule has 4 aliphatic carbocycles. The number of hydrogen-bond acceptors (Lipinski definition) is 4. The Morgan fingerprint density at radius 2 is 1.68 bits per heavy atom. The molecule has 0 spiro atoms. The molecule has 0 amide bonds. The molecule has 156 valence electrons. The van der Waals surface area contributed by atoms with Crippen molar-refractivity contribution in [1.82, 2.24) is 0 Å². The molecule has 0 aliphatic heterocycles. The fourth-order valence-corrected chi connectivity index (χ4v) is 8.00. The van der Waals surface area contributed by atoms with Gasteiger partial charge in [-0.25, -0.2) is 0 Å². The highest BCUT2D eigenvalue weighted by Gasteiger charge is 2.62. The van der Waals surface area contributed by atoms with Crippen LogP contribution in [0.15, 0.2) is 12.2 Å². The Bertz CT molecular complexity index is 684. The van der Waals surface area contributed by atoms with Crippen LogP contribution in [0.1, 0.15) is 79.1 Å². The van der Waals surface area contributed by atoms with E-state index in [1.54, 1.807) is 0 Å². The summed E-state index contributed by atoms with van der Waals surface area (Å²) in [5.74, 6) is 2.13. The summed E-state index contributed by atoms with van der Waals surface area (Å²) in [5, 5.41) is 0. The molecule has 0 aromatic rings. The summed E-state index contributed by atoms with van der Waals surface area (Å²) >= 11 is 0. The molecule has 0 aromatic heterocycles. The van der Waals surface area contributed by atoms with Crippen LogP contribution in [0.4, 0.5) is 0 Å². The van der Waals surface area contributed by atoms with Gasteiger partial charge >= 0.3 is 11.9 Å². The fourth-order valence-electron chi connectivity index (χ4n) is 8.00. The monoisotopic (exact) mass is 388 g/mol. The molecular formula is C24H36O4. The molecule has 4 fully saturated rings. The van der Waals surface area contributed by atoms with Crippen LogP contribution in [-0.2, 0) is 19.1 Å². The van der Waals surface area contributed by atoms with E-state index < -0.39 is 0 Å². The first kappa shape index (κ1) is 20.0. The fraction of sp³-hybridized carbons (Fsp3) is 0.833. The van der Waals surface area contributed by atoms with E-state index in [2.05, 4.69) is 20.4 Å². The molecule has 4 nitrogen and oxygen atoms in total. The number of carbonyl (C=O) groups is 2. The predicted molar refractivity (Wildman–Crippen MR) is 107 cm³/mol. The number of allylic oxidation sites excluding steroid dienone is 1.